The molecule has 0 aliphatic carbocycles. The van der Waals surface area contributed by atoms with Gasteiger partial charge in [-0.1, -0.05) is 20.8 Å². The van der Waals surface area contributed by atoms with E-state index in [1.165, 1.54) is 6.42 Å². The Kier molecular flexibility index (Phi) is 2.25. The van der Waals surface area contributed by atoms with Crippen LogP contribution >= 0.6 is 0 Å². The lowest BCUT2D eigenvalue weighted by molar-refractivity contribution is 0.00625. The van der Waals surface area contributed by atoms with Crippen LogP contribution in [0.2, 0.25) is 0 Å². The molecular formula is C12H21NO2. The van der Waals surface area contributed by atoms with Gasteiger partial charge in [0.05, 0.1) is 5.54 Å². The fourth-order valence-corrected chi connectivity index (χ4v) is 3.12. The quantitative estimate of drug-likeness (QED) is 0.616. The Morgan fingerprint density at radius 2 is 2.07 bits per heavy atom. The molecule has 2 aliphatic heterocycles. The smallest absolute Gasteiger partial charge is 0.410 e. The largest absolute Gasteiger partial charge is 0.443 e. The molecular weight excluding hydrogens is 190 g/mol. The highest BCUT2D eigenvalue weighted by Crippen LogP contribution is 2.45. The van der Waals surface area contributed by atoms with E-state index in [0.29, 0.717) is 0 Å². The van der Waals surface area contributed by atoms with Gasteiger partial charge in [-0.05, 0) is 26.2 Å². The van der Waals surface area contributed by atoms with E-state index < -0.39 is 0 Å². The topological polar surface area (TPSA) is 29.5 Å². The SMILES string of the molecule is CC(C)(C)[C@@H]1OC(=O)N2CCCC[C@@]12C. The fourth-order valence-electron chi connectivity index (χ4n) is 3.12. The third-order valence-electron chi connectivity index (χ3n) is 3.72. The molecule has 2 atom stereocenters. The van der Waals surface area contributed by atoms with Crippen molar-refractivity contribution in [3.63, 3.8) is 0 Å². The van der Waals surface area contributed by atoms with Crippen LogP contribution in [0.15, 0.2) is 0 Å². The van der Waals surface area contributed by atoms with Gasteiger partial charge in [-0.15, -0.1) is 0 Å². The van der Waals surface area contributed by atoms with Gasteiger partial charge in [0.25, 0.3) is 0 Å². The van der Waals surface area contributed by atoms with Gasteiger partial charge in [-0.2, -0.15) is 0 Å². The van der Waals surface area contributed by atoms with Crippen LogP contribution < -0.4 is 0 Å². The molecule has 86 valence electrons. The minimum absolute atomic E-state index is 0.0243. The van der Waals surface area contributed by atoms with Crippen LogP contribution in [0.5, 0.6) is 0 Å². The zero-order chi connectivity index (χ0) is 11.3. The summed E-state index contributed by atoms with van der Waals surface area (Å²) >= 11 is 0. The first-order chi connectivity index (χ1) is 6.86. The zero-order valence-electron chi connectivity index (χ0n) is 10.2. The predicted octanol–water partition coefficient (Wildman–Crippen LogP) is 2.80. The Hall–Kier alpha value is -0.730. The van der Waals surface area contributed by atoms with Crippen molar-refractivity contribution in [2.45, 2.75) is 58.6 Å². The van der Waals surface area contributed by atoms with Crippen LogP contribution in [0.4, 0.5) is 4.79 Å². The normalized spacial score (nSPS) is 36.4. The van der Waals surface area contributed by atoms with Crippen LogP contribution in [0.1, 0.15) is 47.0 Å². The van der Waals surface area contributed by atoms with E-state index in [0.717, 1.165) is 19.4 Å². The van der Waals surface area contributed by atoms with Crippen LogP contribution in [-0.4, -0.2) is 29.2 Å². The summed E-state index contributed by atoms with van der Waals surface area (Å²) in [5, 5.41) is 0. The number of ether oxygens (including phenoxy) is 1. The Bertz CT molecular complexity index is 282. The summed E-state index contributed by atoms with van der Waals surface area (Å²) in [6.45, 7) is 9.48. The van der Waals surface area contributed by atoms with E-state index in [2.05, 4.69) is 27.7 Å². The highest BCUT2D eigenvalue weighted by molar-refractivity contribution is 5.72. The van der Waals surface area contributed by atoms with Crippen LogP contribution in [0, 0.1) is 5.41 Å². The number of hydrogen-bond acceptors (Lipinski definition) is 2. The maximum atomic E-state index is 11.8. The second kappa shape index (κ2) is 3.13. The molecule has 0 aromatic carbocycles. The van der Waals surface area contributed by atoms with Crippen LogP contribution in [-0.2, 0) is 4.74 Å². The minimum atomic E-state index is -0.114. The van der Waals surface area contributed by atoms with E-state index in [1.54, 1.807) is 0 Å². The molecule has 0 saturated carbocycles. The third-order valence-corrected chi connectivity index (χ3v) is 3.72. The highest BCUT2D eigenvalue weighted by Gasteiger charge is 2.56. The molecule has 0 unspecified atom stereocenters. The maximum Gasteiger partial charge on any atom is 0.410 e. The number of hydrogen-bond donors (Lipinski definition) is 0. The molecule has 3 heteroatoms. The van der Waals surface area contributed by atoms with Crippen LogP contribution in [0.3, 0.4) is 0 Å². The van der Waals surface area contributed by atoms with Gasteiger partial charge in [0.2, 0.25) is 0 Å². The molecule has 1 amide bonds. The molecule has 3 nitrogen and oxygen atoms in total. The van der Waals surface area contributed by atoms with E-state index >= 15 is 0 Å². The summed E-state index contributed by atoms with van der Waals surface area (Å²) in [6.07, 6.45) is 3.30. The molecule has 15 heavy (non-hydrogen) atoms. The third kappa shape index (κ3) is 1.52. The van der Waals surface area contributed by atoms with E-state index in [1.807, 2.05) is 4.90 Å². The second-order valence-electron chi connectivity index (χ2n) is 6.10. The van der Waals surface area contributed by atoms with Gasteiger partial charge in [-0.25, -0.2) is 4.79 Å². The molecule has 0 radical (unpaired) electrons. The predicted molar refractivity (Wildman–Crippen MR) is 58.7 cm³/mol. The molecule has 2 heterocycles. The molecule has 0 aromatic heterocycles. The summed E-state index contributed by atoms with van der Waals surface area (Å²) in [5.41, 5.74) is -0.0515. The molecule has 0 bridgehead atoms. The Morgan fingerprint density at radius 1 is 1.40 bits per heavy atom. The van der Waals surface area contributed by atoms with Crippen molar-refractivity contribution >= 4 is 6.09 Å². The first-order valence-corrected chi connectivity index (χ1v) is 5.84. The Morgan fingerprint density at radius 3 is 2.67 bits per heavy atom. The van der Waals surface area contributed by atoms with Crippen molar-refractivity contribution in [2.75, 3.05) is 6.54 Å². The standard InChI is InChI=1S/C12H21NO2/c1-11(2,3)9-12(4)7-5-6-8-13(12)10(14)15-9/h9H,5-8H2,1-4H3/t9-,12-/m0/s1. The minimum Gasteiger partial charge on any atom is -0.443 e. The van der Waals surface area contributed by atoms with Crippen molar-refractivity contribution in [1.82, 2.24) is 4.90 Å². The number of carbonyl (C=O) groups excluding carboxylic acids is 1. The number of piperidine rings is 1. The average Bonchev–Trinajstić information content (AvgIpc) is 2.38. The summed E-state index contributed by atoms with van der Waals surface area (Å²) in [5.74, 6) is 0. The number of nitrogens with zero attached hydrogens (tertiary/aromatic N) is 1. The van der Waals surface area contributed by atoms with Crippen molar-refractivity contribution in [3.05, 3.63) is 0 Å². The molecule has 2 saturated heterocycles. The number of cyclic esters (lactones) is 1. The lowest BCUT2D eigenvalue weighted by Gasteiger charge is -2.43. The van der Waals surface area contributed by atoms with Crippen molar-refractivity contribution in [2.24, 2.45) is 5.41 Å². The molecule has 2 rings (SSSR count). The Balaban J connectivity index is 2.32. The van der Waals surface area contributed by atoms with Gasteiger partial charge in [0.1, 0.15) is 6.10 Å². The summed E-state index contributed by atoms with van der Waals surface area (Å²) < 4.78 is 5.56. The van der Waals surface area contributed by atoms with E-state index in [4.69, 9.17) is 4.74 Å². The number of carbonyl (C=O) groups is 1. The van der Waals surface area contributed by atoms with Gasteiger partial charge in [-0.3, -0.25) is 4.90 Å². The van der Waals surface area contributed by atoms with E-state index in [-0.39, 0.29) is 23.2 Å². The molecule has 2 aliphatic rings. The van der Waals surface area contributed by atoms with Gasteiger partial charge >= 0.3 is 6.09 Å². The average molecular weight is 211 g/mol. The van der Waals surface area contributed by atoms with Gasteiger partial charge < -0.3 is 4.74 Å². The first-order valence-electron chi connectivity index (χ1n) is 5.84. The summed E-state index contributed by atoms with van der Waals surface area (Å²) in [6, 6.07) is 0. The fraction of sp³-hybridized carbons (Fsp3) is 0.917. The molecule has 2 fully saturated rings. The lowest BCUT2D eigenvalue weighted by Crippen LogP contribution is -2.54. The first kappa shape index (κ1) is 10.8. The second-order valence-corrected chi connectivity index (χ2v) is 6.10. The van der Waals surface area contributed by atoms with Crippen molar-refractivity contribution in [1.29, 1.82) is 0 Å². The summed E-state index contributed by atoms with van der Waals surface area (Å²) in [7, 11) is 0. The lowest BCUT2D eigenvalue weighted by atomic mass is 9.73. The summed E-state index contributed by atoms with van der Waals surface area (Å²) in [4.78, 5) is 13.7. The van der Waals surface area contributed by atoms with E-state index in [9.17, 15) is 4.79 Å². The number of amides is 1. The Labute approximate surface area is 91.8 Å². The molecule has 0 spiro atoms. The van der Waals surface area contributed by atoms with Gasteiger partial charge in [0, 0.05) is 12.0 Å². The monoisotopic (exact) mass is 211 g/mol. The highest BCUT2D eigenvalue weighted by atomic mass is 16.6. The van der Waals surface area contributed by atoms with Crippen molar-refractivity contribution < 1.29 is 9.53 Å². The zero-order valence-corrected chi connectivity index (χ0v) is 10.2. The van der Waals surface area contributed by atoms with Crippen molar-refractivity contribution in [3.8, 4) is 0 Å². The number of rotatable bonds is 0. The molecule has 0 N–H and O–H groups in total. The van der Waals surface area contributed by atoms with Gasteiger partial charge in [0.15, 0.2) is 0 Å². The van der Waals surface area contributed by atoms with Crippen LogP contribution in [0.25, 0.3) is 0 Å². The molecule has 0 aromatic rings. The number of fused-ring (bicyclic) bond motifs is 1. The maximum absolute atomic E-state index is 11.8.